The number of anilines is 1. The molecule has 1 atom stereocenters. The van der Waals surface area contributed by atoms with Crippen molar-refractivity contribution >= 4 is 32.8 Å². The third-order valence-corrected chi connectivity index (χ3v) is 6.54. The summed E-state index contributed by atoms with van der Waals surface area (Å²) in [5.41, 5.74) is 2.85. The van der Waals surface area contributed by atoms with Gasteiger partial charge in [-0.2, -0.15) is 5.10 Å². The Morgan fingerprint density at radius 3 is 2.76 bits per heavy atom. The fourth-order valence-corrected chi connectivity index (χ4v) is 4.64. The Bertz CT molecular complexity index is 1010. The van der Waals surface area contributed by atoms with E-state index in [9.17, 15) is 0 Å². The summed E-state index contributed by atoms with van der Waals surface area (Å²) >= 11 is 3.62. The fourth-order valence-electron chi connectivity index (χ4n) is 4.28. The number of halogens is 1. The number of ether oxygens (including phenoxy) is 1. The topological polar surface area (TPSA) is 56.1 Å². The lowest BCUT2D eigenvalue weighted by atomic mass is 10.00. The number of piperidine rings is 1. The third-order valence-electron chi connectivity index (χ3n) is 6.05. The third kappa shape index (κ3) is 3.78. The monoisotopic (exact) mass is 455 g/mol. The van der Waals surface area contributed by atoms with Crippen LogP contribution in [-0.2, 0) is 4.74 Å². The molecule has 152 valence electrons. The van der Waals surface area contributed by atoms with Crippen molar-refractivity contribution in [2.75, 3.05) is 24.6 Å². The van der Waals surface area contributed by atoms with Crippen LogP contribution in [-0.4, -0.2) is 39.4 Å². The van der Waals surface area contributed by atoms with Crippen molar-refractivity contribution in [1.29, 1.82) is 0 Å². The van der Waals surface area contributed by atoms with Gasteiger partial charge in [0.2, 0.25) is 5.95 Å². The molecule has 2 fully saturated rings. The standard InChI is InChI=1S/C22H26BrN5O/c1-15-8-11-27(12-9-15)22-24-10-7-18(25-22)21-17-14-16(23)5-6-19(17)28(26-21)20-4-2-3-13-29-20/h5-7,10,14-15,20H,2-4,8-9,11-13H2,1H3. The van der Waals surface area contributed by atoms with Crippen LogP contribution in [0.1, 0.15) is 45.3 Å². The van der Waals surface area contributed by atoms with Gasteiger partial charge in [0.15, 0.2) is 6.23 Å². The summed E-state index contributed by atoms with van der Waals surface area (Å²) in [6, 6.07) is 8.27. The van der Waals surface area contributed by atoms with Crippen molar-refractivity contribution in [3.8, 4) is 11.4 Å². The molecule has 0 N–H and O–H groups in total. The molecule has 0 spiro atoms. The molecule has 0 aliphatic carbocycles. The zero-order chi connectivity index (χ0) is 19.8. The van der Waals surface area contributed by atoms with E-state index in [0.717, 1.165) is 71.2 Å². The Kier molecular flexibility index (Phi) is 5.26. The van der Waals surface area contributed by atoms with Crippen LogP contribution in [0.15, 0.2) is 34.9 Å². The van der Waals surface area contributed by atoms with Crippen LogP contribution in [0.2, 0.25) is 0 Å². The molecule has 5 rings (SSSR count). The van der Waals surface area contributed by atoms with Gasteiger partial charge in [0.05, 0.1) is 11.2 Å². The second kappa shape index (κ2) is 8.03. The molecule has 2 aromatic heterocycles. The normalized spacial score (nSPS) is 21.0. The summed E-state index contributed by atoms with van der Waals surface area (Å²) in [6.07, 6.45) is 7.52. The summed E-state index contributed by atoms with van der Waals surface area (Å²) in [5, 5.41) is 6.07. The molecule has 3 aromatic rings. The lowest BCUT2D eigenvalue weighted by Crippen LogP contribution is -2.34. The average molecular weight is 456 g/mol. The van der Waals surface area contributed by atoms with E-state index >= 15 is 0 Å². The first-order chi connectivity index (χ1) is 14.2. The van der Waals surface area contributed by atoms with E-state index < -0.39 is 0 Å². The Labute approximate surface area is 179 Å². The van der Waals surface area contributed by atoms with Crippen molar-refractivity contribution in [2.45, 2.75) is 45.3 Å². The van der Waals surface area contributed by atoms with E-state index in [0.29, 0.717) is 0 Å². The molecule has 1 unspecified atom stereocenters. The second-order valence-electron chi connectivity index (χ2n) is 8.19. The highest BCUT2D eigenvalue weighted by atomic mass is 79.9. The molecule has 1 aromatic carbocycles. The van der Waals surface area contributed by atoms with Crippen LogP contribution in [0.4, 0.5) is 5.95 Å². The second-order valence-corrected chi connectivity index (χ2v) is 9.10. The molecular formula is C22H26BrN5O. The lowest BCUT2D eigenvalue weighted by molar-refractivity contribution is -0.0365. The highest BCUT2D eigenvalue weighted by Crippen LogP contribution is 2.34. The smallest absolute Gasteiger partial charge is 0.225 e. The van der Waals surface area contributed by atoms with Crippen LogP contribution < -0.4 is 4.90 Å². The van der Waals surface area contributed by atoms with Crippen molar-refractivity contribution in [2.24, 2.45) is 5.92 Å². The van der Waals surface area contributed by atoms with Crippen LogP contribution >= 0.6 is 15.9 Å². The molecular weight excluding hydrogens is 430 g/mol. The molecule has 7 heteroatoms. The first kappa shape index (κ1) is 19.0. The molecule has 0 saturated carbocycles. The Balaban J connectivity index is 1.56. The maximum Gasteiger partial charge on any atom is 0.225 e. The summed E-state index contributed by atoms with van der Waals surface area (Å²) in [4.78, 5) is 11.8. The first-order valence-electron chi connectivity index (χ1n) is 10.6. The van der Waals surface area contributed by atoms with Crippen LogP contribution in [0.25, 0.3) is 22.3 Å². The van der Waals surface area contributed by atoms with Gasteiger partial charge in [-0.1, -0.05) is 22.9 Å². The maximum atomic E-state index is 6.03. The van der Waals surface area contributed by atoms with Gasteiger partial charge in [-0.25, -0.2) is 14.6 Å². The molecule has 0 amide bonds. The van der Waals surface area contributed by atoms with Gasteiger partial charge in [0.1, 0.15) is 5.69 Å². The predicted octanol–water partition coefficient (Wildman–Crippen LogP) is 5.19. The van der Waals surface area contributed by atoms with Crippen molar-refractivity contribution in [3.63, 3.8) is 0 Å². The number of benzene rings is 1. The van der Waals surface area contributed by atoms with E-state index in [1.165, 1.54) is 19.3 Å². The number of nitrogens with zero attached hydrogens (tertiary/aromatic N) is 5. The number of hydrogen-bond acceptors (Lipinski definition) is 5. The lowest BCUT2D eigenvalue weighted by Gasteiger charge is -2.30. The Morgan fingerprint density at radius 1 is 1.10 bits per heavy atom. The van der Waals surface area contributed by atoms with Crippen molar-refractivity contribution < 1.29 is 4.74 Å². The number of aromatic nitrogens is 4. The summed E-state index contributed by atoms with van der Waals surface area (Å²) in [6.45, 7) is 5.14. The highest BCUT2D eigenvalue weighted by molar-refractivity contribution is 9.10. The summed E-state index contributed by atoms with van der Waals surface area (Å²) < 4.78 is 9.11. The fraction of sp³-hybridized carbons (Fsp3) is 0.500. The summed E-state index contributed by atoms with van der Waals surface area (Å²) in [5.74, 6) is 1.59. The number of hydrogen-bond donors (Lipinski definition) is 0. The molecule has 29 heavy (non-hydrogen) atoms. The maximum absolute atomic E-state index is 6.03. The SMILES string of the molecule is CC1CCN(c2nccc(-c3nn(C4CCCCO4)c4ccc(Br)cc34)n2)CC1. The quantitative estimate of drug-likeness (QED) is 0.543. The van der Waals surface area contributed by atoms with Crippen LogP contribution in [0.3, 0.4) is 0 Å². The molecule has 2 aliphatic rings. The Morgan fingerprint density at radius 2 is 1.97 bits per heavy atom. The van der Waals surface area contributed by atoms with Gasteiger partial charge in [-0.3, -0.25) is 0 Å². The highest BCUT2D eigenvalue weighted by Gasteiger charge is 2.23. The van der Waals surface area contributed by atoms with Crippen LogP contribution in [0.5, 0.6) is 0 Å². The predicted molar refractivity (Wildman–Crippen MR) is 118 cm³/mol. The minimum Gasteiger partial charge on any atom is -0.356 e. The minimum absolute atomic E-state index is 0.00827. The Hall–Kier alpha value is -1.99. The van der Waals surface area contributed by atoms with E-state index in [1.54, 1.807) is 0 Å². The van der Waals surface area contributed by atoms with Gasteiger partial charge in [-0.05, 0) is 62.3 Å². The zero-order valence-corrected chi connectivity index (χ0v) is 18.3. The molecule has 6 nitrogen and oxygen atoms in total. The number of fused-ring (bicyclic) bond motifs is 1. The summed E-state index contributed by atoms with van der Waals surface area (Å²) in [7, 11) is 0. The van der Waals surface area contributed by atoms with Gasteiger partial charge >= 0.3 is 0 Å². The van der Waals surface area contributed by atoms with Crippen molar-refractivity contribution in [3.05, 3.63) is 34.9 Å². The van der Waals surface area contributed by atoms with Gasteiger partial charge in [0, 0.05) is 35.8 Å². The average Bonchev–Trinajstić information content (AvgIpc) is 3.14. The molecule has 4 heterocycles. The molecule has 0 radical (unpaired) electrons. The van der Waals surface area contributed by atoms with Gasteiger partial charge < -0.3 is 9.64 Å². The van der Waals surface area contributed by atoms with E-state index in [-0.39, 0.29) is 6.23 Å². The number of rotatable bonds is 3. The van der Waals surface area contributed by atoms with E-state index in [1.807, 2.05) is 16.9 Å². The largest absolute Gasteiger partial charge is 0.356 e. The molecule has 2 aliphatic heterocycles. The van der Waals surface area contributed by atoms with E-state index in [4.69, 9.17) is 14.8 Å². The van der Waals surface area contributed by atoms with E-state index in [2.05, 4.69) is 50.9 Å². The van der Waals surface area contributed by atoms with Crippen molar-refractivity contribution in [1.82, 2.24) is 19.7 Å². The minimum atomic E-state index is -0.00827. The molecule has 0 bridgehead atoms. The zero-order valence-electron chi connectivity index (χ0n) is 16.7. The van der Waals surface area contributed by atoms with Crippen LogP contribution in [0, 0.1) is 5.92 Å². The van der Waals surface area contributed by atoms with Gasteiger partial charge in [-0.15, -0.1) is 0 Å². The van der Waals surface area contributed by atoms with Gasteiger partial charge in [0.25, 0.3) is 0 Å². The molecule has 2 saturated heterocycles. The first-order valence-corrected chi connectivity index (χ1v) is 11.4.